The average molecular weight is 345 g/mol. The van der Waals surface area contributed by atoms with Crippen molar-refractivity contribution in [1.82, 2.24) is 4.98 Å². The number of rotatable bonds is 3. The Hall–Kier alpha value is -0.550. The first-order chi connectivity index (χ1) is 8.58. The van der Waals surface area contributed by atoms with Crippen LogP contribution in [0.3, 0.4) is 0 Å². The minimum atomic E-state index is -0.473. The molecule has 18 heavy (non-hydrogen) atoms. The Labute approximate surface area is 124 Å². The normalized spacial score (nSPS) is 12.4. The number of aliphatic hydroxyl groups excluding tert-OH is 1. The molecule has 0 aliphatic rings. The molecule has 2 aromatic rings. The molecule has 1 atom stereocenters. The van der Waals surface area contributed by atoms with Crippen LogP contribution < -0.4 is 0 Å². The predicted molar refractivity (Wildman–Crippen MR) is 78.1 cm³/mol. The molecule has 1 aromatic heterocycles. The topological polar surface area (TPSA) is 33.1 Å². The van der Waals surface area contributed by atoms with Gasteiger partial charge < -0.3 is 5.11 Å². The van der Waals surface area contributed by atoms with E-state index in [0.717, 1.165) is 20.0 Å². The molecule has 0 saturated carbocycles. The molecule has 1 N–H and O–H groups in total. The van der Waals surface area contributed by atoms with Crippen molar-refractivity contribution in [2.24, 2.45) is 0 Å². The van der Waals surface area contributed by atoms with E-state index in [-0.39, 0.29) is 0 Å². The summed E-state index contributed by atoms with van der Waals surface area (Å²) >= 11 is 11.1. The SMILES string of the molecule is C[C@H](O)c1ccc(Sc2ncccc2Cl)c(Br)c1. The first-order valence-corrected chi connectivity index (χ1v) is 7.32. The monoisotopic (exact) mass is 343 g/mol. The summed E-state index contributed by atoms with van der Waals surface area (Å²) < 4.78 is 0.924. The fourth-order valence-electron chi connectivity index (χ4n) is 1.41. The molecule has 1 heterocycles. The van der Waals surface area contributed by atoms with E-state index in [1.807, 2.05) is 24.3 Å². The number of nitrogens with zero attached hydrogens (tertiary/aromatic N) is 1. The van der Waals surface area contributed by atoms with Crippen LogP contribution >= 0.6 is 39.3 Å². The number of hydrogen-bond donors (Lipinski definition) is 1. The molecule has 0 bridgehead atoms. The zero-order valence-electron chi connectivity index (χ0n) is 9.60. The maximum Gasteiger partial charge on any atom is 0.119 e. The van der Waals surface area contributed by atoms with Crippen molar-refractivity contribution in [1.29, 1.82) is 0 Å². The Morgan fingerprint density at radius 3 is 2.78 bits per heavy atom. The summed E-state index contributed by atoms with van der Waals surface area (Å²) in [5, 5.41) is 10.9. The van der Waals surface area contributed by atoms with Gasteiger partial charge in [0.1, 0.15) is 5.03 Å². The zero-order valence-corrected chi connectivity index (χ0v) is 12.8. The highest BCUT2D eigenvalue weighted by molar-refractivity contribution is 9.10. The van der Waals surface area contributed by atoms with Crippen molar-refractivity contribution >= 4 is 39.3 Å². The van der Waals surface area contributed by atoms with Crippen molar-refractivity contribution in [2.45, 2.75) is 22.9 Å². The molecule has 0 saturated heterocycles. The predicted octanol–water partition coefficient (Wildman–Crippen LogP) is 4.70. The van der Waals surface area contributed by atoms with Crippen molar-refractivity contribution in [3.05, 3.63) is 51.6 Å². The highest BCUT2D eigenvalue weighted by Gasteiger charge is 2.09. The molecular weight excluding hydrogens is 334 g/mol. The molecule has 2 rings (SSSR count). The second kappa shape index (κ2) is 6.06. The second-order valence-corrected chi connectivity index (χ2v) is 6.05. The Morgan fingerprint density at radius 1 is 1.39 bits per heavy atom. The van der Waals surface area contributed by atoms with E-state index in [9.17, 15) is 5.11 Å². The van der Waals surface area contributed by atoms with Crippen molar-refractivity contribution < 1.29 is 5.11 Å². The molecule has 0 unspecified atom stereocenters. The van der Waals surface area contributed by atoms with Gasteiger partial charge in [-0.15, -0.1) is 0 Å². The summed E-state index contributed by atoms with van der Waals surface area (Å²) in [5.41, 5.74) is 0.873. The summed E-state index contributed by atoms with van der Waals surface area (Å²) in [4.78, 5) is 5.25. The van der Waals surface area contributed by atoms with E-state index in [4.69, 9.17) is 11.6 Å². The van der Waals surface area contributed by atoms with E-state index in [1.165, 1.54) is 11.8 Å². The van der Waals surface area contributed by atoms with Crippen LogP contribution in [-0.2, 0) is 0 Å². The van der Waals surface area contributed by atoms with E-state index >= 15 is 0 Å². The molecule has 2 nitrogen and oxygen atoms in total. The lowest BCUT2D eigenvalue weighted by Gasteiger charge is -2.09. The lowest BCUT2D eigenvalue weighted by Crippen LogP contribution is -1.91. The zero-order chi connectivity index (χ0) is 13.1. The fourth-order valence-corrected chi connectivity index (χ4v) is 3.07. The van der Waals surface area contributed by atoms with Crippen molar-refractivity contribution in [2.75, 3.05) is 0 Å². The standard InChI is InChI=1S/C13H11BrClNOS/c1-8(17)9-4-5-12(10(14)7-9)18-13-11(15)3-2-6-16-13/h2-8,17H,1H3/t8-/m0/s1. The van der Waals surface area contributed by atoms with Crippen LogP contribution in [0.5, 0.6) is 0 Å². The molecule has 0 radical (unpaired) electrons. The van der Waals surface area contributed by atoms with E-state index in [2.05, 4.69) is 20.9 Å². The number of aliphatic hydroxyl groups is 1. The van der Waals surface area contributed by atoms with Crippen LogP contribution in [0.15, 0.2) is 50.9 Å². The van der Waals surface area contributed by atoms with Crippen LogP contribution in [-0.4, -0.2) is 10.1 Å². The minimum Gasteiger partial charge on any atom is -0.389 e. The van der Waals surface area contributed by atoms with Gasteiger partial charge in [-0.1, -0.05) is 29.4 Å². The van der Waals surface area contributed by atoms with E-state index in [0.29, 0.717) is 5.02 Å². The Kier molecular flexibility index (Phi) is 4.67. The maximum atomic E-state index is 9.51. The lowest BCUT2D eigenvalue weighted by atomic mass is 10.1. The Bertz CT molecular complexity index is 562. The Morgan fingerprint density at radius 2 is 2.17 bits per heavy atom. The lowest BCUT2D eigenvalue weighted by molar-refractivity contribution is 0.199. The maximum absolute atomic E-state index is 9.51. The highest BCUT2D eigenvalue weighted by atomic mass is 79.9. The first-order valence-electron chi connectivity index (χ1n) is 5.34. The smallest absolute Gasteiger partial charge is 0.119 e. The van der Waals surface area contributed by atoms with Crippen LogP contribution in [0.1, 0.15) is 18.6 Å². The van der Waals surface area contributed by atoms with Crippen LogP contribution in [0.25, 0.3) is 0 Å². The van der Waals surface area contributed by atoms with Gasteiger partial charge in [0.2, 0.25) is 0 Å². The summed E-state index contributed by atoms with van der Waals surface area (Å²) in [6.07, 6.45) is 1.24. The first kappa shape index (κ1) is 13.9. The molecule has 5 heteroatoms. The fraction of sp³-hybridized carbons (Fsp3) is 0.154. The van der Waals surface area contributed by atoms with Gasteiger partial charge in [-0.05, 0) is 52.7 Å². The number of aromatic nitrogens is 1. The molecular formula is C13H11BrClNOS. The van der Waals surface area contributed by atoms with Gasteiger partial charge in [0, 0.05) is 15.6 Å². The molecule has 0 aliphatic carbocycles. The number of hydrogen-bond acceptors (Lipinski definition) is 3. The minimum absolute atomic E-state index is 0.473. The number of benzene rings is 1. The van der Waals surface area contributed by atoms with Gasteiger partial charge in [-0.25, -0.2) is 4.98 Å². The van der Waals surface area contributed by atoms with E-state index < -0.39 is 6.10 Å². The molecule has 94 valence electrons. The van der Waals surface area contributed by atoms with Crippen molar-refractivity contribution in [3.63, 3.8) is 0 Å². The van der Waals surface area contributed by atoms with Gasteiger partial charge >= 0.3 is 0 Å². The highest BCUT2D eigenvalue weighted by Crippen LogP contribution is 2.36. The van der Waals surface area contributed by atoms with Gasteiger partial charge in [0.05, 0.1) is 11.1 Å². The van der Waals surface area contributed by atoms with Crippen molar-refractivity contribution in [3.8, 4) is 0 Å². The van der Waals surface area contributed by atoms with Gasteiger partial charge in [-0.2, -0.15) is 0 Å². The third-order valence-corrected chi connectivity index (χ3v) is 4.80. The summed E-state index contributed by atoms with van der Waals surface area (Å²) in [6.45, 7) is 1.74. The third-order valence-electron chi connectivity index (χ3n) is 2.37. The second-order valence-electron chi connectivity index (χ2n) is 3.76. The van der Waals surface area contributed by atoms with E-state index in [1.54, 1.807) is 19.2 Å². The summed E-state index contributed by atoms with van der Waals surface area (Å²) in [5.74, 6) is 0. The molecule has 0 fully saturated rings. The van der Waals surface area contributed by atoms with Gasteiger partial charge in [-0.3, -0.25) is 0 Å². The number of pyridine rings is 1. The van der Waals surface area contributed by atoms with Crippen LogP contribution in [0.4, 0.5) is 0 Å². The van der Waals surface area contributed by atoms with Crippen LogP contribution in [0, 0.1) is 0 Å². The third kappa shape index (κ3) is 3.26. The quantitative estimate of drug-likeness (QED) is 0.876. The van der Waals surface area contributed by atoms with Gasteiger partial charge in [0.25, 0.3) is 0 Å². The summed E-state index contributed by atoms with van der Waals surface area (Å²) in [6, 6.07) is 9.37. The van der Waals surface area contributed by atoms with Crippen LogP contribution in [0.2, 0.25) is 5.02 Å². The summed E-state index contributed by atoms with van der Waals surface area (Å²) in [7, 11) is 0. The van der Waals surface area contributed by atoms with Gasteiger partial charge in [0.15, 0.2) is 0 Å². The molecule has 1 aromatic carbocycles. The largest absolute Gasteiger partial charge is 0.389 e. The molecule has 0 spiro atoms. The average Bonchev–Trinajstić information content (AvgIpc) is 2.34. The Balaban J connectivity index is 2.28. The molecule has 0 aliphatic heterocycles. The number of halogens is 2. The molecule has 0 amide bonds.